The molecule has 2 aromatic rings. The maximum Gasteiger partial charge on any atom is 0.416 e. The van der Waals surface area contributed by atoms with Crippen LogP contribution >= 0.6 is 11.8 Å². The number of aliphatic imine (C=N–C) groups is 1. The van der Waals surface area contributed by atoms with E-state index in [9.17, 15) is 22.4 Å². The Morgan fingerprint density at radius 3 is 2.50 bits per heavy atom. The molecule has 26 heavy (non-hydrogen) atoms. The van der Waals surface area contributed by atoms with Crippen LogP contribution in [0.4, 0.5) is 23.2 Å². The molecule has 1 aliphatic heterocycles. The fraction of sp³-hybridized carbons (Fsp3) is 0.222. The van der Waals surface area contributed by atoms with E-state index in [4.69, 9.17) is 0 Å². The molecular weight excluding hydrogens is 368 g/mol. The van der Waals surface area contributed by atoms with Crippen LogP contribution < -0.4 is 5.32 Å². The molecule has 0 aromatic heterocycles. The summed E-state index contributed by atoms with van der Waals surface area (Å²) in [5, 5.41) is 2.99. The first-order valence-electron chi connectivity index (χ1n) is 7.75. The summed E-state index contributed by atoms with van der Waals surface area (Å²) < 4.78 is 50.9. The van der Waals surface area contributed by atoms with E-state index >= 15 is 0 Å². The Kier molecular flexibility index (Phi) is 5.31. The van der Waals surface area contributed by atoms with Crippen molar-refractivity contribution >= 4 is 28.5 Å². The molecule has 1 aliphatic rings. The number of halogens is 4. The normalized spacial score (nSPS) is 19.5. The van der Waals surface area contributed by atoms with Crippen LogP contribution in [-0.4, -0.2) is 16.8 Å². The van der Waals surface area contributed by atoms with Crippen molar-refractivity contribution in [1.82, 2.24) is 5.32 Å². The molecule has 0 radical (unpaired) electrons. The summed E-state index contributed by atoms with van der Waals surface area (Å²) in [4.78, 5) is 16.4. The highest BCUT2D eigenvalue weighted by Crippen LogP contribution is 2.31. The molecular formula is C18H14F4N2OS. The molecule has 1 heterocycles. The lowest BCUT2D eigenvalue weighted by molar-refractivity contribution is -0.137. The van der Waals surface area contributed by atoms with Crippen molar-refractivity contribution in [3.8, 4) is 0 Å². The monoisotopic (exact) mass is 382 g/mol. The van der Waals surface area contributed by atoms with Crippen LogP contribution in [0.5, 0.6) is 0 Å². The van der Waals surface area contributed by atoms with E-state index in [2.05, 4.69) is 10.3 Å². The summed E-state index contributed by atoms with van der Waals surface area (Å²) >= 11 is 1.31. The lowest BCUT2D eigenvalue weighted by atomic mass is 10.00. The topological polar surface area (TPSA) is 41.5 Å². The summed E-state index contributed by atoms with van der Waals surface area (Å²) in [5.41, 5.74) is 0.301. The first-order chi connectivity index (χ1) is 12.3. The summed E-state index contributed by atoms with van der Waals surface area (Å²) in [6.45, 7) is 0. The van der Waals surface area contributed by atoms with E-state index in [-0.39, 0.29) is 17.6 Å². The number of carbonyl (C=O) groups excluding carboxylic acids is 1. The number of thioether (sulfide) groups is 1. The first kappa shape index (κ1) is 18.4. The smallest absolute Gasteiger partial charge is 0.305 e. The van der Waals surface area contributed by atoms with Gasteiger partial charge in [0.2, 0.25) is 5.91 Å². The molecule has 1 unspecified atom stereocenters. The lowest BCUT2D eigenvalue weighted by Gasteiger charge is -2.22. The number of alkyl halides is 3. The Hall–Kier alpha value is -2.35. The Morgan fingerprint density at radius 2 is 1.88 bits per heavy atom. The zero-order valence-electron chi connectivity index (χ0n) is 13.4. The molecule has 2 aromatic carbocycles. The van der Waals surface area contributed by atoms with E-state index in [1.54, 1.807) is 12.1 Å². The number of carbonyl (C=O) groups is 1. The minimum atomic E-state index is -4.40. The quantitative estimate of drug-likeness (QED) is 0.791. The molecule has 0 bridgehead atoms. The number of amides is 1. The zero-order valence-corrected chi connectivity index (χ0v) is 14.2. The Bertz CT molecular complexity index is 834. The van der Waals surface area contributed by atoms with Crippen molar-refractivity contribution in [2.45, 2.75) is 12.6 Å². The summed E-state index contributed by atoms with van der Waals surface area (Å²) in [7, 11) is 0. The first-order valence-corrected chi connectivity index (χ1v) is 8.74. The molecule has 0 saturated carbocycles. The van der Waals surface area contributed by atoms with Crippen molar-refractivity contribution in [2.75, 3.05) is 5.75 Å². The number of hydrogen-bond acceptors (Lipinski definition) is 3. The number of amidine groups is 1. The molecule has 3 rings (SSSR count). The van der Waals surface area contributed by atoms with Gasteiger partial charge in [0.1, 0.15) is 5.82 Å². The third kappa shape index (κ3) is 4.63. The number of nitrogens with zero attached hydrogens (tertiary/aromatic N) is 1. The van der Waals surface area contributed by atoms with Gasteiger partial charge in [-0.1, -0.05) is 23.9 Å². The average Bonchev–Trinajstić information content (AvgIpc) is 2.57. The maximum atomic E-state index is 13.2. The van der Waals surface area contributed by atoms with Crippen molar-refractivity contribution in [1.29, 1.82) is 0 Å². The van der Waals surface area contributed by atoms with Gasteiger partial charge in [-0.15, -0.1) is 0 Å². The van der Waals surface area contributed by atoms with Gasteiger partial charge in [0.15, 0.2) is 5.17 Å². The standard InChI is InChI=1S/C18H14F4N2OS/c19-14-3-1-2-11(9-14)8-12-10-26-17(24-16(12)25)23-15-6-4-13(5-7-15)18(20,21)22/h1-7,9,12H,8,10H2,(H,23,24,25). The zero-order chi connectivity index (χ0) is 18.7. The van der Waals surface area contributed by atoms with Gasteiger partial charge in [-0.3, -0.25) is 4.79 Å². The van der Waals surface area contributed by atoms with Gasteiger partial charge in [-0.05, 0) is 48.4 Å². The second-order valence-electron chi connectivity index (χ2n) is 5.79. The fourth-order valence-electron chi connectivity index (χ4n) is 2.50. The van der Waals surface area contributed by atoms with Crippen molar-refractivity contribution < 1.29 is 22.4 Å². The minimum absolute atomic E-state index is 0.237. The van der Waals surface area contributed by atoms with Crippen LogP contribution in [0, 0.1) is 11.7 Å². The molecule has 0 aliphatic carbocycles. The average molecular weight is 382 g/mol. The van der Waals surface area contributed by atoms with E-state index in [1.807, 2.05) is 0 Å². The molecule has 3 nitrogen and oxygen atoms in total. The van der Waals surface area contributed by atoms with Gasteiger partial charge in [0.05, 0.1) is 17.2 Å². The van der Waals surface area contributed by atoms with Crippen LogP contribution in [0.2, 0.25) is 0 Å². The van der Waals surface area contributed by atoms with Crippen LogP contribution in [0.1, 0.15) is 11.1 Å². The predicted octanol–water partition coefficient (Wildman–Crippen LogP) is 4.55. The van der Waals surface area contributed by atoms with Gasteiger partial charge in [-0.25, -0.2) is 9.38 Å². The van der Waals surface area contributed by atoms with Crippen molar-refractivity contribution in [3.63, 3.8) is 0 Å². The molecule has 1 N–H and O–H groups in total. The second-order valence-corrected chi connectivity index (χ2v) is 6.80. The van der Waals surface area contributed by atoms with Gasteiger partial charge in [-0.2, -0.15) is 13.2 Å². The highest BCUT2D eigenvalue weighted by molar-refractivity contribution is 8.14. The third-order valence-corrected chi connectivity index (χ3v) is 4.85. The maximum absolute atomic E-state index is 13.2. The summed E-state index contributed by atoms with van der Waals surface area (Å²) in [6, 6.07) is 10.5. The molecule has 0 spiro atoms. The van der Waals surface area contributed by atoms with Crippen LogP contribution in [0.15, 0.2) is 53.5 Å². The Balaban J connectivity index is 1.64. The molecule has 1 amide bonds. The second kappa shape index (κ2) is 7.49. The molecule has 8 heteroatoms. The number of benzene rings is 2. The third-order valence-electron chi connectivity index (χ3n) is 3.82. The largest absolute Gasteiger partial charge is 0.416 e. The van der Waals surface area contributed by atoms with E-state index in [0.29, 0.717) is 23.0 Å². The fourth-order valence-corrected chi connectivity index (χ4v) is 3.47. The van der Waals surface area contributed by atoms with E-state index in [1.165, 1.54) is 36.0 Å². The van der Waals surface area contributed by atoms with Gasteiger partial charge < -0.3 is 5.32 Å². The molecule has 1 fully saturated rings. The van der Waals surface area contributed by atoms with E-state index < -0.39 is 11.7 Å². The number of hydrogen-bond donors (Lipinski definition) is 1. The number of nitrogens with one attached hydrogen (secondary N) is 1. The highest BCUT2D eigenvalue weighted by atomic mass is 32.2. The minimum Gasteiger partial charge on any atom is -0.305 e. The van der Waals surface area contributed by atoms with Crippen LogP contribution in [-0.2, 0) is 17.4 Å². The Morgan fingerprint density at radius 1 is 1.15 bits per heavy atom. The molecule has 1 saturated heterocycles. The van der Waals surface area contributed by atoms with Crippen molar-refractivity contribution in [2.24, 2.45) is 10.9 Å². The van der Waals surface area contributed by atoms with Crippen LogP contribution in [0.3, 0.4) is 0 Å². The lowest BCUT2D eigenvalue weighted by Crippen LogP contribution is -2.41. The predicted molar refractivity (Wildman–Crippen MR) is 92.7 cm³/mol. The molecule has 136 valence electrons. The Labute approximate surface area is 151 Å². The van der Waals surface area contributed by atoms with Gasteiger partial charge in [0.25, 0.3) is 0 Å². The van der Waals surface area contributed by atoms with Crippen molar-refractivity contribution in [3.05, 3.63) is 65.5 Å². The van der Waals surface area contributed by atoms with Gasteiger partial charge in [0, 0.05) is 5.75 Å². The number of rotatable bonds is 3. The summed E-state index contributed by atoms with van der Waals surface area (Å²) in [5.74, 6) is -0.454. The van der Waals surface area contributed by atoms with E-state index in [0.717, 1.165) is 17.7 Å². The molecule has 1 atom stereocenters. The van der Waals surface area contributed by atoms with Crippen LogP contribution in [0.25, 0.3) is 0 Å². The van der Waals surface area contributed by atoms with Gasteiger partial charge >= 0.3 is 6.18 Å². The highest BCUT2D eigenvalue weighted by Gasteiger charge is 2.30. The summed E-state index contributed by atoms with van der Waals surface area (Å²) in [6.07, 6.45) is -3.99. The SMILES string of the molecule is O=C1NC(=Nc2ccc(C(F)(F)F)cc2)SCC1Cc1cccc(F)c1.